The van der Waals surface area contributed by atoms with E-state index in [0.717, 1.165) is 18.0 Å². The van der Waals surface area contributed by atoms with Crippen molar-refractivity contribution in [1.29, 1.82) is 0 Å². The van der Waals surface area contributed by atoms with Crippen molar-refractivity contribution >= 4 is 11.8 Å². The van der Waals surface area contributed by atoms with Crippen LogP contribution in [0.3, 0.4) is 0 Å². The first-order valence-corrected chi connectivity index (χ1v) is 6.35. The summed E-state index contributed by atoms with van der Waals surface area (Å²) in [7, 11) is 0. The minimum atomic E-state index is 0.776. The summed E-state index contributed by atoms with van der Waals surface area (Å²) in [5.41, 5.74) is 0. The number of hydrogen-bond acceptors (Lipinski definition) is 2. The molecule has 0 aromatic heterocycles. The van der Waals surface area contributed by atoms with Gasteiger partial charge >= 0.3 is 0 Å². The van der Waals surface area contributed by atoms with Gasteiger partial charge in [-0.2, -0.15) is 11.8 Å². The highest BCUT2D eigenvalue weighted by Gasteiger charge is 2.25. The molecule has 1 heterocycles. The number of hydrogen-bond donors (Lipinski definition) is 1. The molecule has 1 saturated carbocycles. The number of rotatable bonds is 3. The monoisotopic (exact) mass is 185 g/mol. The molecule has 1 aliphatic carbocycles. The SMILES string of the molecule is C[C@H](NC1CSC1)C1CCCC1. The molecule has 1 N–H and O–H groups in total. The van der Waals surface area contributed by atoms with Gasteiger partial charge in [0.05, 0.1) is 0 Å². The van der Waals surface area contributed by atoms with Crippen LogP contribution in [-0.4, -0.2) is 23.6 Å². The minimum absolute atomic E-state index is 0.776. The van der Waals surface area contributed by atoms with Crippen molar-refractivity contribution in [3.63, 3.8) is 0 Å². The predicted molar refractivity (Wildman–Crippen MR) is 55.7 cm³/mol. The first kappa shape index (κ1) is 8.89. The highest BCUT2D eigenvalue weighted by Crippen LogP contribution is 2.28. The fourth-order valence-corrected chi connectivity index (χ4v) is 2.96. The Morgan fingerprint density at radius 2 is 1.92 bits per heavy atom. The Balaban J connectivity index is 1.71. The maximum Gasteiger partial charge on any atom is 0.0251 e. The molecule has 2 fully saturated rings. The van der Waals surface area contributed by atoms with Crippen LogP contribution >= 0.6 is 11.8 Å². The van der Waals surface area contributed by atoms with Gasteiger partial charge in [-0.1, -0.05) is 12.8 Å². The molecule has 12 heavy (non-hydrogen) atoms. The molecule has 0 aromatic rings. The maximum atomic E-state index is 3.74. The Bertz CT molecular complexity index is 139. The van der Waals surface area contributed by atoms with Gasteiger partial charge in [0, 0.05) is 23.6 Å². The van der Waals surface area contributed by atoms with Crippen molar-refractivity contribution in [1.82, 2.24) is 5.32 Å². The summed E-state index contributed by atoms with van der Waals surface area (Å²) in [5, 5.41) is 3.74. The summed E-state index contributed by atoms with van der Waals surface area (Å²) in [6.07, 6.45) is 5.87. The average molecular weight is 185 g/mol. The lowest BCUT2D eigenvalue weighted by atomic mass is 9.99. The molecule has 1 saturated heterocycles. The molecule has 2 heteroatoms. The van der Waals surface area contributed by atoms with Gasteiger partial charge in [-0.15, -0.1) is 0 Å². The second-order valence-corrected chi connectivity index (χ2v) is 5.31. The Kier molecular flexibility index (Phi) is 2.97. The van der Waals surface area contributed by atoms with Crippen molar-refractivity contribution in [3.05, 3.63) is 0 Å². The van der Waals surface area contributed by atoms with Crippen LogP contribution in [0, 0.1) is 5.92 Å². The van der Waals surface area contributed by atoms with E-state index >= 15 is 0 Å². The van der Waals surface area contributed by atoms with Crippen molar-refractivity contribution < 1.29 is 0 Å². The zero-order valence-corrected chi connectivity index (χ0v) is 8.70. The van der Waals surface area contributed by atoms with E-state index in [1.54, 1.807) is 0 Å². The van der Waals surface area contributed by atoms with E-state index in [-0.39, 0.29) is 0 Å². The third-order valence-corrected chi connectivity index (χ3v) is 4.52. The zero-order valence-electron chi connectivity index (χ0n) is 7.88. The molecule has 2 aliphatic rings. The normalized spacial score (nSPS) is 28.8. The zero-order chi connectivity index (χ0) is 8.39. The van der Waals surface area contributed by atoms with E-state index < -0.39 is 0 Å². The number of thioether (sulfide) groups is 1. The van der Waals surface area contributed by atoms with Crippen LogP contribution in [0.5, 0.6) is 0 Å². The van der Waals surface area contributed by atoms with Crippen molar-refractivity contribution in [3.8, 4) is 0 Å². The van der Waals surface area contributed by atoms with E-state index in [9.17, 15) is 0 Å². The van der Waals surface area contributed by atoms with Crippen LogP contribution in [0.25, 0.3) is 0 Å². The summed E-state index contributed by atoms with van der Waals surface area (Å²) in [5.74, 6) is 3.67. The molecule has 1 nitrogen and oxygen atoms in total. The smallest absolute Gasteiger partial charge is 0.0251 e. The lowest BCUT2D eigenvalue weighted by molar-refractivity contribution is 0.357. The molecule has 0 aromatic carbocycles. The van der Waals surface area contributed by atoms with Crippen molar-refractivity contribution in [2.75, 3.05) is 11.5 Å². The van der Waals surface area contributed by atoms with Crippen LogP contribution in [0.4, 0.5) is 0 Å². The standard InChI is InChI=1S/C10H19NS/c1-8(9-4-2-3-5-9)11-10-6-12-7-10/h8-11H,2-7H2,1H3/t8-/m0/s1. The summed E-state index contributed by atoms with van der Waals surface area (Å²) in [4.78, 5) is 0. The second kappa shape index (κ2) is 4.01. The van der Waals surface area contributed by atoms with Gasteiger partial charge in [-0.25, -0.2) is 0 Å². The Labute approximate surface area is 79.7 Å². The summed E-state index contributed by atoms with van der Waals surface area (Å²) >= 11 is 2.07. The first-order chi connectivity index (χ1) is 5.86. The molecular weight excluding hydrogens is 166 g/mol. The Morgan fingerprint density at radius 3 is 2.42 bits per heavy atom. The molecule has 0 spiro atoms. The van der Waals surface area contributed by atoms with Gasteiger partial charge < -0.3 is 5.32 Å². The summed E-state index contributed by atoms with van der Waals surface area (Å²) < 4.78 is 0. The highest BCUT2D eigenvalue weighted by atomic mass is 32.2. The third-order valence-electron chi connectivity index (χ3n) is 3.24. The highest BCUT2D eigenvalue weighted by molar-refractivity contribution is 8.00. The molecule has 0 radical (unpaired) electrons. The third kappa shape index (κ3) is 1.97. The van der Waals surface area contributed by atoms with Crippen LogP contribution in [0.1, 0.15) is 32.6 Å². The predicted octanol–water partition coefficient (Wildman–Crippen LogP) is 2.27. The van der Waals surface area contributed by atoms with Crippen LogP contribution in [0.15, 0.2) is 0 Å². The van der Waals surface area contributed by atoms with Gasteiger partial charge in [0.2, 0.25) is 0 Å². The lowest BCUT2D eigenvalue weighted by Crippen LogP contribution is -2.47. The van der Waals surface area contributed by atoms with Crippen LogP contribution in [0.2, 0.25) is 0 Å². The van der Waals surface area contributed by atoms with Gasteiger partial charge in [-0.3, -0.25) is 0 Å². The van der Waals surface area contributed by atoms with E-state index in [4.69, 9.17) is 0 Å². The molecule has 70 valence electrons. The molecule has 0 bridgehead atoms. The van der Waals surface area contributed by atoms with E-state index in [0.29, 0.717) is 0 Å². The Morgan fingerprint density at radius 1 is 1.25 bits per heavy atom. The molecular formula is C10H19NS. The second-order valence-electron chi connectivity index (χ2n) is 4.23. The van der Waals surface area contributed by atoms with Gasteiger partial charge in [-0.05, 0) is 25.7 Å². The van der Waals surface area contributed by atoms with Gasteiger partial charge in [0.1, 0.15) is 0 Å². The maximum absolute atomic E-state index is 3.74. The fraction of sp³-hybridized carbons (Fsp3) is 1.00. The Hall–Kier alpha value is 0.310. The average Bonchev–Trinajstić information content (AvgIpc) is 2.47. The van der Waals surface area contributed by atoms with E-state index in [2.05, 4.69) is 24.0 Å². The topological polar surface area (TPSA) is 12.0 Å². The quantitative estimate of drug-likeness (QED) is 0.724. The first-order valence-electron chi connectivity index (χ1n) is 5.20. The fourth-order valence-electron chi connectivity index (χ4n) is 2.30. The molecule has 1 atom stereocenters. The van der Waals surface area contributed by atoms with Crippen LogP contribution in [-0.2, 0) is 0 Å². The molecule has 0 amide bonds. The van der Waals surface area contributed by atoms with E-state index in [1.807, 2.05) is 0 Å². The van der Waals surface area contributed by atoms with Crippen LogP contribution < -0.4 is 5.32 Å². The van der Waals surface area contributed by atoms with Gasteiger partial charge in [0.15, 0.2) is 0 Å². The molecule has 0 unspecified atom stereocenters. The minimum Gasteiger partial charge on any atom is -0.310 e. The largest absolute Gasteiger partial charge is 0.310 e. The lowest BCUT2D eigenvalue weighted by Gasteiger charge is -2.32. The summed E-state index contributed by atoms with van der Waals surface area (Å²) in [6.45, 7) is 2.37. The van der Waals surface area contributed by atoms with Crippen molar-refractivity contribution in [2.45, 2.75) is 44.7 Å². The van der Waals surface area contributed by atoms with Gasteiger partial charge in [0.25, 0.3) is 0 Å². The van der Waals surface area contributed by atoms with E-state index in [1.165, 1.54) is 37.2 Å². The molecule has 1 aliphatic heterocycles. The van der Waals surface area contributed by atoms with Crippen molar-refractivity contribution in [2.24, 2.45) is 5.92 Å². The molecule has 2 rings (SSSR count). The summed E-state index contributed by atoms with van der Waals surface area (Å²) in [6, 6.07) is 1.61. The number of nitrogens with one attached hydrogen (secondary N) is 1.